The van der Waals surface area contributed by atoms with E-state index in [1.54, 1.807) is 27.7 Å². The SMILES string of the molecule is CC(C)[C@H](C)[C@H](NC(=O)OC(C)(C)C)C(=O)O. The van der Waals surface area contributed by atoms with Crippen molar-refractivity contribution in [2.75, 3.05) is 0 Å². The quantitative estimate of drug-likeness (QED) is 0.796. The Kier molecular flexibility index (Phi) is 5.45. The largest absolute Gasteiger partial charge is 0.480 e. The van der Waals surface area contributed by atoms with E-state index in [1.165, 1.54) is 0 Å². The van der Waals surface area contributed by atoms with Crippen LogP contribution in [0, 0.1) is 11.8 Å². The molecule has 0 radical (unpaired) electrons. The Labute approximate surface area is 103 Å². The number of nitrogens with one attached hydrogen (secondary N) is 1. The van der Waals surface area contributed by atoms with Crippen molar-refractivity contribution in [2.45, 2.75) is 53.2 Å². The van der Waals surface area contributed by atoms with Gasteiger partial charge in [-0.3, -0.25) is 0 Å². The van der Waals surface area contributed by atoms with Gasteiger partial charge in [0.15, 0.2) is 0 Å². The first-order valence-electron chi connectivity index (χ1n) is 5.77. The molecular weight excluding hydrogens is 222 g/mol. The topological polar surface area (TPSA) is 75.6 Å². The molecule has 0 rings (SSSR count). The summed E-state index contributed by atoms with van der Waals surface area (Å²) in [5, 5.41) is 11.5. The van der Waals surface area contributed by atoms with Crippen molar-refractivity contribution < 1.29 is 19.4 Å². The first-order chi connectivity index (χ1) is 7.54. The van der Waals surface area contributed by atoms with Gasteiger partial charge in [0.05, 0.1) is 0 Å². The van der Waals surface area contributed by atoms with Crippen molar-refractivity contribution in [2.24, 2.45) is 11.8 Å². The van der Waals surface area contributed by atoms with Crippen LogP contribution in [0.5, 0.6) is 0 Å². The lowest BCUT2D eigenvalue weighted by Crippen LogP contribution is -2.48. The minimum absolute atomic E-state index is 0.158. The first kappa shape index (κ1) is 15.7. The molecule has 0 aliphatic heterocycles. The fourth-order valence-electron chi connectivity index (χ4n) is 1.24. The number of carbonyl (C=O) groups excluding carboxylic acids is 1. The summed E-state index contributed by atoms with van der Waals surface area (Å²) in [6, 6.07) is -0.926. The molecule has 0 aliphatic rings. The van der Waals surface area contributed by atoms with Crippen molar-refractivity contribution in [3.8, 4) is 0 Å². The van der Waals surface area contributed by atoms with E-state index < -0.39 is 23.7 Å². The van der Waals surface area contributed by atoms with Crippen LogP contribution in [0.3, 0.4) is 0 Å². The minimum Gasteiger partial charge on any atom is -0.480 e. The fraction of sp³-hybridized carbons (Fsp3) is 0.833. The smallest absolute Gasteiger partial charge is 0.408 e. The zero-order valence-electron chi connectivity index (χ0n) is 11.4. The van der Waals surface area contributed by atoms with Crippen LogP contribution in [0.25, 0.3) is 0 Å². The molecule has 0 saturated heterocycles. The number of carbonyl (C=O) groups is 2. The highest BCUT2D eigenvalue weighted by Crippen LogP contribution is 2.15. The third-order valence-corrected chi connectivity index (χ3v) is 2.52. The number of carboxylic acid groups (broad SMARTS) is 1. The summed E-state index contributed by atoms with van der Waals surface area (Å²) in [6.07, 6.45) is -0.697. The van der Waals surface area contributed by atoms with Gasteiger partial charge in [-0.2, -0.15) is 0 Å². The molecule has 0 unspecified atom stereocenters. The van der Waals surface area contributed by atoms with E-state index >= 15 is 0 Å². The summed E-state index contributed by atoms with van der Waals surface area (Å²) in [5.41, 5.74) is -0.631. The van der Waals surface area contributed by atoms with Gasteiger partial charge in [-0.05, 0) is 32.6 Å². The Balaban J connectivity index is 4.57. The van der Waals surface area contributed by atoms with E-state index in [9.17, 15) is 9.59 Å². The second kappa shape index (κ2) is 5.89. The van der Waals surface area contributed by atoms with Crippen molar-refractivity contribution in [1.29, 1.82) is 0 Å². The van der Waals surface area contributed by atoms with Crippen LogP contribution in [0.15, 0.2) is 0 Å². The standard InChI is InChI=1S/C12H23NO4/c1-7(2)8(3)9(10(14)15)13-11(16)17-12(4,5)6/h7-9H,1-6H3,(H,13,16)(H,14,15)/t8-,9-/m0/s1. The van der Waals surface area contributed by atoms with Crippen LogP contribution in [0.2, 0.25) is 0 Å². The molecule has 0 aromatic rings. The summed E-state index contributed by atoms with van der Waals surface area (Å²) in [5.74, 6) is -1.05. The third kappa shape index (κ3) is 6.14. The molecule has 1 amide bonds. The lowest BCUT2D eigenvalue weighted by atomic mass is 9.90. The van der Waals surface area contributed by atoms with Crippen LogP contribution in [-0.2, 0) is 9.53 Å². The average Bonchev–Trinajstić information content (AvgIpc) is 2.09. The lowest BCUT2D eigenvalue weighted by Gasteiger charge is -2.26. The number of rotatable bonds is 4. The summed E-state index contributed by atoms with van der Waals surface area (Å²) < 4.78 is 5.03. The summed E-state index contributed by atoms with van der Waals surface area (Å²) in [4.78, 5) is 22.6. The van der Waals surface area contributed by atoms with Gasteiger partial charge in [-0.1, -0.05) is 20.8 Å². The highest BCUT2D eigenvalue weighted by Gasteiger charge is 2.30. The van der Waals surface area contributed by atoms with Gasteiger partial charge in [0.1, 0.15) is 11.6 Å². The van der Waals surface area contributed by atoms with Gasteiger partial charge in [0.25, 0.3) is 0 Å². The molecule has 0 heterocycles. The lowest BCUT2D eigenvalue weighted by molar-refractivity contribution is -0.141. The summed E-state index contributed by atoms with van der Waals surface area (Å²) in [6.45, 7) is 10.8. The molecule has 100 valence electrons. The maximum absolute atomic E-state index is 11.5. The van der Waals surface area contributed by atoms with E-state index in [4.69, 9.17) is 9.84 Å². The van der Waals surface area contributed by atoms with Crippen LogP contribution in [0.4, 0.5) is 4.79 Å². The van der Waals surface area contributed by atoms with Gasteiger partial charge in [-0.15, -0.1) is 0 Å². The van der Waals surface area contributed by atoms with Crippen LogP contribution >= 0.6 is 0 Å². The Bertz CT molecular complexity index is 281. The van der Waals surface area contributed by atoms with E-state index in [1.807, 2.05) is 13.8 Å². The molecule has 0 spiro atoms. The minimum atomic E-state index is -1.04. The van der Waals surface area contributed by atoms with Crippen molar-refractivity contribution in [3.05, 3.63) is 0 Å². The van der Waals surface area contributed by atoms with Gasteiger partial charge in [0, 0.05) is 0 Å². The second-order valence-corrected chi connectivity index (χ2v) is 5.57. The maximum Gasteiger partial charge on any atom is 0.408 e. The van der Waals surface area contributed by atoms with Crippen molar-refractivity contribution in [1.82, 2.24) is 5.32 Å². The van der Waals surface area contributed by atoms with E-state index in [-0.39, 0.29) is 11.8 Å². The molecule has 0 bridgehead atoms. The highest BCUT2D eigenvalue weighted by molar-refractivity contribution is 5.80. The third-order valence-electron chi connectivity index (χ3n) is 2.52. The molecule has 0 aromatic carbocycles. The van der Waals surface area contributed by atoms with Crippen LogP contribution in [0.1, 0.15) is 41.5 Å². The van der Waals surface area contributed by atoms with Gasteiger partial charge >= 0.3 is 12.1 Å². The molecule has 17 heavy (non-hydrogen) atoms. The average molecular weight is 245 g/mol. The summed E-state index contributed by atoms with van der Waals surface area (Å²) in [7, 11) is 0. The van der Waals surface area contributed by atoms with Crippen molar-refractivity contribution in [3.63, 3.8) is 0 Å². The molecule has 0 fully saturated rings. The summed E-state index contributed by atoms with van der Waals surface area (Å²) >= 11 is 0. The monoisotopic (exact) mass is 245 g/mol. The second-order valence-electron chi connectivity index (χ2n) is 5.57. The normalized spacial score (nSPS) is 15.2. The van der Waals surface area contributed by atoms with Crippen molar-refractivity contribution >= 4 is 12.1 Å². The number of carboxylic acids is 1. The number of hydrogen-bond acceptors (Lipinski definition) is 3. The van der Waals surface area contributed by atoms with Gasteiger partial charge in [0.2, 0.25) is 0 Å². The van der Waals surface area contributed by atoms with Gasteiger partial charge < -0.3 is 15.2 Å². The maximum atomic E-state index is 11.5. The Hall–Kier alpha value is -1.26. The zero-order chi connectivity index (χ0) is 13.8. The highest BCUT2D eigenvalue weighted by atomic mass is 16.6. The molecule has 5 heteroatoms. The molecule has 5 nitrogen and oxygen atoms in total. The predicted octanol–water partition coefficient (Wildman–Crippen LogP) is 2.26. The molecule has 0 aliphatic carbocycles. The number of alkyl carbamates (subject to hydrolysis) is 1. The van der Waals surface area contributed by atoms with Gasteiger partial charge in [-0.25, -0.2) is 9.59 Å². The molecule has 2 N–H and O–H groups in total. The molecular formula is C12H23NO4. The number of aliphatic carboxylic acids is 1. The fourth-order valence-corrected chi connectivity index (χ4v) is 1.24. The van der Waals surface area contributed by atoms with E-state index in [0.717, 1.165) is 0 Å². The zero-order valence-corrected chi connectivity index (χ0v) is 11.4. The van der Waals surface area contributed by atoms with E-state index in [2.05, 4.69) is 5.32 Å². The van der Waals surface area contributed by atoms with E-state index in [0.29, 0.717) is 0 Å². The number of ether oxygens (including phenoxy) is 1. The molecule has 0 saturated carbocycles. The number of amides is 1. The molecule has 2 atom stereocenters. The Morgan fingerprint density at radius 3 is 1.94 bits per heavy atom. The van der Waals surface area contributed by atoms with Crippen LogP contribution < -0.4 is 5.32 Å². The predicted molar refractivity (Wildman–Crippen MR) is 64.8 cm³/mol. The first-order valence-corrected chi connectivity index (χ1v) is 5.77. The number of hydrogen-bond donors (Lipinski definition) is 2. The Morgan fingerprint density at radius 2 is 1.65 bits per heavy atom. The Morgan fingerprint density at radius 1 is 1.18 bits per heavy atom. The molecule has 0 aromatic heterocycles. The van der Waals surface area contributed by atoms with Crippen LogP contribution in [-0.4, -0.2) is 28.8 Å².